The van der Waals surface area contributed by atoms with E-state index >= 15 is 0 Å². The summed E-state index contributed by atoms with van der Waals surface area (Å²) in [5, 5.41) is 0. The van der Waals surface area contributed by atoms with Crippen molar-refractivity contribution >= 4 is 5.78 Å². The monoisotopic (exact) mass is 140 g/mol. The van der Waals surface area contributed by atoms with Gasteiger partial charge in [0.05, 0.1) is 12.2 Å². The molecule has 0 amide bonds. The highest BCUT2D eigenvalue weighted by molar-refractivity contribution is 5.80. The van der Waals surface area contributed by atoms with Gasteiger partial charge in [0.25, 0.3) is 0 Å². The minimum atomic E-state index is 0.0231. The van der Waals surface area contributed by atoms with Gasteiger partial charge in [0, 0.05) is 12.8 Å². The molecule has 2 fully saturated rings. The van der Waals surface area contributed by atoms with E-state index in [1.807, 2.05) is 0 Å². The maximum atomic E-state index is 11.0. The van der Waals surface area contributed by atoms with Gasteiger partial charge in [0.2, 0.25) is 0 Å². The lowest BCUT2D eigenvalue weighted by atomic mass is 9.75. The van der Waals surface area contributed by atoms with E-state index in [0.717, 1.165) is 12.8 Å². The van der Waals surface area contributed by atoms with Crippen LogP contribution in [0.5, 0.6) is 0 Å². The number of hydrogen-bond acceptors (Lipinski definition) is 2. The summed E-state index contributed by atoms with van der Waals surface area (Å²) in [7, 11) is 0. The van der Waals surface area contributed by atoms with Crippen molar-refractivity contribution in [3.8, 4) is 0 Å². The minimum absolute atomic E-state index is 0.0231. The summed E-state index contributed by atoms with van der Waals surface area (Å²) in [6.45, 7) is 0.666. The number of carbonyl (C=O) groups is 1. The number of Topliss-reactive ketones (excluding diaryl/α,β-unsaturated/α-hetero) is 1. The van der Waals surface area contributed by atoms with Crippen LogP contribution in [0.15, 0.2) is 0 Å². The molecule has 2 heteroatoms. The van der Waals surface area contributed by atoms with Gasteiger partial charge in [0.1, 0.15) is 5.78 Å². The Hall–Kier alpha value is -0.370. The van der Waals surface area contributed by atoms with Crippen molar-refractivity contribution in [2.24, 2.45) is 0 Å². The number of ketones is 1. The predicted molar refractivity (Wildman–Crippen MR) is 36.8 cm³/mol. The third-order valence-corrected chi connectivity index (χ3v) is 2.57. The highest BCUT2D eigenvalue weighted by Crippen LogP contribution is 2.40. The maximum Gasteiger partial charge on any atom is 0.138 e. The van der Waals surface area contributed by atoms with Gasteiger partial charge >= 0.3 is 0 Å². The largest absolute Gasteiger partial charge is 0.374 e. The highest BCUT2D eigenvalue weighted by atomic mass is 16.5. The number of ether oxygens (including phenoxy) is 1. The third kappa shape index (κ3) is 0.870. The Kier molecular flexibility index (Phi) is 1.31. The number of rotatable bonds is 0. The van der Waals surface area contributed by atoms with E-state index < -0.39 is 0 Å². The fraction of sp³-hybridized carbons (Fsp3) is 0.875. The smallest absolute Gasteiger partial charge is 0.138 e. The molecule has 1 saturated carbocycles. The first-order chi connectivity index (χ1) is 4.81. The average Bonchev–Trinajstić information content (AvgIpc) is 1.85. The van der Waals surface area contributed by atoms with Gasteiger partial charge in [0.15, 0.2) is 0 Å². The Morgan fingerprint density at radius 2 is 2.20 bits per heavy atom. The van der Waals surface area contributed by atoms with Crippen molar-refractivity contribution in [3.05, 3.63) is 0 Å². The second-order valence-corrected chi connectivity index (χ2v) is 3.35. The summed E-state index contributed by atoms with van der Waals surface area (Å²) in [6.07, 6.45) is 4.79. The molecule has 0 aromatic carbocycles. The van der Waals surface area contributed by atoms with Gasteiger partial charge in [-0.05, 0) is 19.3 Å². The molecule has 56 valence electrons. The molecular formula is C8H12O2. The van der Waals surface area contributed by atoms with Crippen molar-refractivity contribution < 1.29 is 9.53 Å². The molecule has 2 rings (SSSR count). The summed E-state index contributed by atoms with van der Waals surface area (Å²) < 4.78 is 5.55. The molecule has 0 aromatic rings. The summed E-state index contributed by atoms with van der Waals surface area (Å²) >= 11 is 0. The first kappa shape index (κ1) is 6.35. The Morgan fingerprint density at radius 1 is 1.40 bits per heavy atom. The molecule has 1 aliphatic heterocycles. The van der Waals surface area contributed by atoms with Crippen molar-refractivity contribution in [2.75, 3.05) is 6.61 Å². The second-order valence-electron chi connectivity index (χ2n) is 3.35. The highest BCUT2D eigenvalue weighted by Gasteiger charge is 2.41. The Labute approximate surface area is 60.6 Å². The molecule has 2 nitrogen and oxygen atoms in total. The molecule has 10 heavy (non-hydrogen) atoms. The van der Waals surface area contributed by atoms with Crippen LogP contribution in [0.2, 0.25) is 0 Å². The Bertz CT molecular complexity index is 159. The van der Waals surface area contributed by atoms with E-state index in [0.29, 0.717) is 25.2 Å². The van der Waals surface area contributed by atoms with E-state index in [1.54, 1.807) is 0 Å². The van der Waals surface area contributed by atoms with Crippen LogP contribution >= 0.6 is 0 Å². The zero-order valence-corrected chi connectivity index (χ0v) is 6.06. The van der Waals surface area contributed by atoms with Gasteiger partial charge in [-0.3, -0.25) is 4.79 Å². The van der Waals surface area contributed by atoms with Crippen LogP contribution in [-0.2, 0) is 9.53 Å². The zero-order chi connectivity index (χ0) is 7.03. The number of hydrogen-bond donors (Lipinski definition) is 0. The van der Waals surface area contributed by atoms with Crippen molar-refractivity contribution in [2.45, 2.75) is 37.7 Å². The van der Waals surface area contributed by atoms with Crippen molar-refractivity contribution in [3.63, 3.8) is 0 Å². The second kappa shape index (κ2) is 2.06. The third-order valence-electron chi connectivity index (χ3n) is 2.57. The minimum Gasteiger partial charge on any atom is -0.374 e. The lowest BCUT2D eigenvalue weighted by Gasteiger charge is -2.43. The van der Waals surface area contributed by atoms with E-state index in [-0.39, 0.29) is 5.60 Å². The predicted octanol–water partition coefficient (Wildman–Crippen LogP) is 1.29. The van der Waals surface area contributed by atoms with Crippen molar-refractivity contribution in [1.82, 2.24) is 0 Å². The molecule has 0 radical (unpaired) electrons. The topological polar surface area (TPSA) is 26.3 Å². The fourth-order valence-electron chi connectivity index (χ4n) is 1.77. The first-order valence-electron chi connectivity index (χ1n) is 3.96. The Balaban J connectivity index is 2.02. The quantitative estimate of drug-likeness (QED) is 0.506. The fourth-order valence-corrected chi connectivity index (χ4v) is 1.77. The van der Waals surface area contributed by atoms with E-state index in [1.165, 1.54) is 6.42 Å². The van der Waals surface area contributed by atoms with Crippen LogP contribution < -0.4 is 0 Å². The summed E-state index contributed by atoms with van der Waals surface area (Å²) in [5.74, 6) is 0.394. The average molecular weight is 140 g/mol. The summed E-state index contributed by atoms with van der Waals surface area (Å²) in [5.41, 5.74) is 0.0231. The molecular weight excluding hydrogens is 128 g/mol. The van der Waals surface area contributed by atoms with E-state index in [9.17, 15) is 4.79 Å². The van der Waals surface area contributed by atoms with E-state index in [4.69, 9.17) is 4.74 Å². The van der Waals surface area contributed by atoms with Gasteiger partial charge in [-0.15, -0.1) is 0 Å². The SMILES string of the molecule is O=C1CCOC2(CCC2)C1. The van der Waals surface area contributed by atoms with Crippen LogP contribution in [0, 0.1) is 0 Å². The molecule has 1 spiro atoms. The van der Waals surface area contributed by atoms with E-state index in [2.05, 4.69) is 0 Å². The number of carbonyl (C=O) groups excluding carboxylic acids is 1. The summed E-state index contributed by atoms with van der Waals surface area (Å²) in [6, 6.07) is 0. The lowest BCUT2D eigenvalue weighted by molar-refractivity contribution is -0.154. The molecule has 0 atom stereocenters. The molecule has 0 unspecified atom stereocenters. The molecule has 1 heterocycles. The molecule has 1 saturated heterocycles. The molecule has 0 aromatic heterocycles. The van der Waals surface area contributed by atoms with Crippen LogP contribution in [0.25, 0.3) is 0 Å². The van der Waals surface area contributed by atoms with Crippen molar-refractivity contribution in [1.29, 1.82) is 0 Å². The Morgan fingerprint density at radius 3 is 2.60 bits per heavy atom. The summed E-state index contributed by atoms with van der Waals surface area (Å²) in [4.78, 5) is 11.0. The molecule has 0 N–H and O–H groups in total. The van der Waals surface area contributed by atoms with Gasteiger partial charge < -0.3 is 4.74 Å². The zero-order valence-electron chi connectivity index (χ0n) is 6.06. The standard InChI is InChI=1S/C8H12O2/c9-7-2-5-10-8(6-7)3-1-4-8/h1-6H2. The van der Waals surface area contributed by atoms with Gasteiger partial charge in [-0.25, -0.2) is 0 Å². The normalized spacial score (nSPS) is 30.2. The van der Waals surface area contributed by atoms with Crippen LogP contribution in [-0.4, -0.2) is 18.0 Å². The maximum absolute atomic E-state index is 11.0. The van der Waals surface area contributed by atoms with Gasteiger partial charge in [-0.2, -0.15) is 0 Å². The molecule has 0 bridgehead atoms. The van der Waals surface area contributed by atoms with Crippen LogP contribution in [0.4, 0.5) is 0 Å². The van der Waals surface area contributed by atoms with Gasteiger partial charge in [-0.1, -0.05) is 0 Å². The molecule has 1 aliphatic carbocycles. The van der Waals surface area contributed by atoms with Crippen LogP contribution in [0.3, 0.4) is 0 Å². The van der Waals surface area contributed by atoms with Crippen LogP contribution in [0.1, 0.15) is 32.1 Å². The first-order valence-corrected chi connectivity index (χ1v) is 3.96. The lowest BCUT2D eigenvalue weighted by Crippen LogP contribution is -2.45. The molecule has 2 aliphatic rings.